The molecule has 6 amide bonds. The molecule has 0 bridgehead atoms. The highest BCUT2D eigenvalue weighted by Gasteiger charge is 2.63. The first-order valence-corrected chi connectivity index (χ1v) is 14.9. The predicted molar refractivity (Wildman–Crippen MR) is 148 cm³/mol. The van der Waals surface area contributed by atoms with E-state index >= 15 is 0 Å². The van der Waals surface area contributed by atoms with Gasteiger partial charge in [0.15, 0.2) is 12.5 Å². The van der Waals surface area contributed by atoms with E-state index < -0.39 is 54.7 Å². The molecule has 6 atom stereocenters. The number of unbranched alkanes of at least 4 members (excludes halogenated alkanes) is 2. The summed E-state index contributed by atoms with van der Waals surface area (Å²) in [6.45, 7) is 5.02. The third-order valence-electron chi connectivity index (χ3n) is 7.79. The minimum Gasteiger partial charge on any atom is -0.394 e. The fourth-order valence-electron chi connectivity index (χ4n) is 5.18. The van der Waals surface area contributed by atoms with Gasteiger partial charge in [-0.1, -0.05) is 26.7 Å². The molecular weight excluding hydrogens is 572 g/mol. The van der Waals surface area contributed by atoms with Crippen molar-refractivity contribution in [3.63, 3.8) is 0 Å². The van der Waals surface area contributed by atoms with E-state index in [1.807, 2.05) is 13.8 Å². The van der Waals surface area contributed by atoms with Crippen LogP contribution in [0.3, 0.4) is 0 Å². The molecule has 0 spiro atoms. The van der Waals surface area contributed by atoms with Gasteiger partial charge in [0.25, 0.3) is 0 Å². The van der Waals surface area contributed by atoms with Crippen LogP contribution in [0.4, 0.5) is 14.4 Å². The lowest BCUT2D eigenvalue weighted by Gasteiger charge is -2.36. The SMILES string of the molecule is CCCCOC(CO)CCN1CC(O)N(N2C(=O)N(N3C(=O)N(CCC(CO)OCCCC)CC3O)[C@@](C)(O)C2O)C1=O. The van der Waals surface area contributed by atoms with Gasteiger partial charge in [-0.2, -0.15) is 20.0 Å². The first-order chi connectivity index (χ1) is 20.4. The molecule has 0 saturated carbocycles. The summed E-state index contributed by atoms with van der Waals surface area (Å²) in [6, 6.07) is -2.93. The van der Waals surface area contributed by atoms with Crippen LogP contribution in [-0.4, -0.2) is 168 Å². The van der Waals surface area contributed by atoms with Gasteiger partial charge in [0.2, 0.25) is 12.0 Å². The van der Waals surface area contributed by atoms with Gasteiger partial charge in [-0.3, -0.25) is 0 Å². The molecule has 3 aliphatic heterocycles. The number of hydrogen-bond donors (Lipinski definition) is 6. The number of aliphatic hydroxyl groups is 6. The standard InChI is InChI=1S/C26H48N6O11/c1-4-6-12-42-18(16-33)8-10-27-14-20(35)29(23(27)38)31-22(37)26(3,41)32(25(31)40)30-21(36)15-28(24(30)39)11-9-19(17-34)43-13-7-5-2/h18-22,33-37,41H,4-17H2,1-3H3/t18?,19?,20?,21?,22?,26-/m0/s1. The van der Waals surface area contributed by atoms with Crippen molar-refractivity contribution in [3.05, 3.63) is 0 Å². The molecule has 0 aromatic heterocycles. The Kier molecular flexibility index (Phi) is 12.6. The highest BCUT2D eigenvalue weighted by molar-refractivity contribution is 5.86. The maximum Gasteiger partial charge on any atom is 0.363 e. The van der Waals surface area contributed by atoms with E-state index in [4.69, 9.17) is 9.47 Å². The van der Waals surface area contributed by atoms with Crippen LogP contribution in [0.25, 0.3) is 0 Å². The molecule has 17 heteroatoms. The number of carbonyl (C=O) groups excluding carboxylic acids is 3. The molecule has 0 aromatic rings. The van der Waals surface area contributed by atoms with Crippen LogP contribution in [-0.2, 0) is 9.47 Å². The molecule has 3 heterocycles. The quantitative estimate of drug-likeness (QED) is 0.101. The number of nitrogens with zero attached hydrogens (tertiary/aromatic N) is 6. The number of amides is 6. The summed E-state index contributed by atoms with van der Waals surface area (Å²) >= 11 is 0. The molecule has 0 radical (unpaired) electrons. The Balaban J connectivity index is 1.69. The number of β-amino-alcohol motifs (C(OH)–C–C–N with tert-alkyl or cyclic N) is 2. The van der Waals surface area contributed by atoms with Crippen molar-refractivity contribution < 1.29 is 54.5 Å². The van der Waals surface area contributed by atoms with Gasteiger partial charge in [-0.05, 0) is 32.6 Å². The smallest absolute Gasteiger partial charge is 0.363 e. The Bertz CT molecular complexity index is 945. The highest BCUT2D eigenvalue weighted by Crippen LogP contribution is 2.37. The maximum absolute atomic E-state index is 13.6. The van der Waals surface area contributed by atoms with Crippen molar-refractivity contribution in [3.8, 4) is 0 Å². The summed E-state index contributed by atoms with van der Waals surface area (Å²) in [7, 11) is 0. The second-order valence-corrected chi connectivity index (χ2v) is 11.1. The summed E-state index contributed by atoms with van der Waals surface area (Å²) in [6.07, 6.45) is -2.45. The Morgan fingerprint density at radius 3 is 1.65 bits per heavy atom. The number of ether oxygens (including phenoxy) is 2. The van der Waals surface area contributed by atoms with E-state index in [1.54, 1.807) is 0 Å². The lowest BCUT2D eigenvalue weighted by Crippen LogP contribution is -2.60. The normalized spacial score (nSPS) is 27.8. The van der Waals surface area contributed by atoms with E-state index in [1.165, 1.54) is 9.80 Å². The summed E-state index contributed by atoms with van der Waals surface area (Å²) in [5.41, 5.74) is -2.50. The molecule has 248 valence electrons. The van der Waals surface area contributed by atoms with Crippen LogP contribution < -0.4 is 0 Å². The van der Waals surface area contributed by atoms with Gasteiger partial charge in [-0.15, -0.1) is 0 Å². The third kappa shape index (κ3) is 7.59. The van der Waals surface area contributed by atoms with E-state index in [0.29, 0.717) is 33.2 Å². The van der Waals surface area contributed by atoms with Crippen molar-refractivity contribution >= 4 is 18.1 Å². The van der Waals surface area contributed by atoms with Crippen LogP contribution in [0, 0.1) is 0 Å². The summed E-state index contributed by atoms with van der Waals surface area (Å²) < 4.78 is 11.2. The molecular formula is C26H48N6O11. The van der Waals surface area contributed by atoms with E-state index in [2.05, 4.69) is 0 Å². The van der Waals surface area contributed by atoms with Gasteiger partial charge in [0.05, 0.1) is 38.5 Å². The lowest BCUT2D eigenvalue weighted by molar-refractivity contribution is -0.223. The zero-order valence-electron chi connectivity index (χ0n) is 25.2. The average Bonchev–Trinajstić information content (AvgIpc) is 3.47. The molecule has 3 aliphatic rings. The van der Waals surface area contributed by atoms with E-state index in [0.717, 1.165) is 32.6 Å². The summed E-state index contributed by atoms with van der Waals surface area (Å²) in [5, 5.41) is 65.0. The summed E-state index contributed by atoms with van der Waals surface area (Å²) in [4.78, 5) is 42.6. The molecule has 0 aromatic carbocycles. The third-order valence-corrected chi connectivity index (χ3v) is 7.79. The van der Waals surface area contributed by atoms with E-state index in [-0.39, 0.29) is 52.2 Å². The summed E-state index contributed by atoms with van der Waals surface area (Å²) in [5.74, 6) is 0. The van der Waals surface area contributed by atoms with Gasteiger partial charge >= 0.3 is 18.1 Å². The number of rotatable bonds is 18. The van der Waals surface area contributed by atoms with E-state index in [9.17, 15) is 45.0 Å². The molecule has 0 aliphatic carbocycles. The zero-order chi connectivity index (χ0) is 31.9. The van der Waals surface area contributed by atoms with Crippen molar-refractivity contribution in [2.45, 2.75) is 95.9 Å². The van der Waals surface area contributed by atoms with Crippen LogP contribution in [0.1, 0.15) is 59.3 Å². The Morgan fingerprint density at radius 1 is 0.767 bits per heavy atom. The van der Waals surface area contributed by atoms with Crippen molar-refractivity contribution in [2.24, 2.45) is 0 Å². The van der Waals surface area contributed by atoms with Gasteiger partial charge in [0.1, 0.15) is 0 Å². The fraction of sp³-hybridized carbons (Fsp3) is 0.885. The molecule has 43 heavy (non-hydrogen) atoms. The van der Waals surface area contributed by atoms with Crippen LogP contribution in [0.5, 0.6) is 0 Å². The van der Waals surface area contributed by atoms with Crippen molar-refractivity contribution in [1.82, 2.24) is 29.8 Å². The Morgan fingerprint density at radius 2 is 1.21 bits per heavy atom. The van der Waals surface area contributed by atoms with Gasteiger partial charge < -0.3 is 49.9 Å². The van der Waals surface area contributed by atoms with Crippen LogP contribution in [0.15, 0.2) is 0 Å². The number of carbonyl (C=O) groups is 3. The van der Waals surface area contributed by atoms with Gasteiger partial charge in [-0.25, -0.2) is 14.4 Å². The van der Waals surface area contributed by atoms with Gasteiger partial charge in [0, 0.05) is 26.3 Å². The molecule has 6 N–H and O–H groups in total. The van der Waals surface area contributed by atoms with Crippen molar-refractivity contribution in [2.75, 3.05) is 52.6 Å². The monoisotopic (exact) mass is 620 g/mol. The molecule has 3 rings (SSSR count). The zero-order valence-corrected chi connectivity index (χ0v) is 25.2. The molecule has 5 unspecified atom stereocenters. The van der Waals surface area contributed by atoms with Crippen molar-refractivity contribution in [1.29, 1.82) is 0 Å². The lowest BCUT2D eigenvalue weighted by atomic mass is 10.2. The molecule has 17 nitrogen and oxygen atoms in total. The second kappa shape index (κ2) is 15.5. The molecule has 3 saturated heterocycles. The highest BCUT2D eigenvalue weighted by atomic mass is 16.5. The topological polar surface area (TPSA) is 210 Å². The minimum atomic E-state index is -2.50. The predicted octanol–water partition coefficient (Wildman–Crippen LogP) is -1.17. The van der Waals surface area contributed by atoms with Crippen LogP contribution >= 0.6 is 0 Å². The molecule has 3 fully saturated rings. The number of urea groups is 3. The first kappa shape index (κ1) is 35.0. The maximum atomic E-state index is 13.6. The Hall–Kier alpha value is -2.51. The number of aliphatic hydroxyl groups excluding tert-OH is 5. The largest absolute Gasteiger partial charge is 0.394 e. The number of hydrogen-bond acceptors (Lipinski definition) is 11. The second-order valence-electron chi connectivity index (χ2n) is 11.1. The Labute approximate surface area is 251 Å². The average molecular weight is 621 g/mol. The minimum absolute atomic E-state index is 0.0649. The fourth-order valence-corrected chi connectivity index (χ4v) is 5.18. The number of hydrazine groups is 2. The van der Waals surface area contributed by atoms with Crippen LogP contribution in [0.2, 0.25) is 0 Å². The first-order valence-electron chi connectivity index (χ1n) is 14.9.